The lowest BCUT2D eigenvalue weighted by Gasteiger charge is -2.35. The summed E-state index contributed by atoms with van der Waals surface area (Å²) in [5, 5.41) is 3.32. The molecule has 2 nitrogen and oxygen atoms in total. The van der Waals surface area contributed by atoms with Gasteiger partial charge in [0.05, 0.1) is 0 Å². The number of nitrogens with one attached hydrogen (secondary N) is 1. The second-order valence-electron chi connectivity index (χ2n) is 5.12. The number of halogens is 2. The van der Waals surface area contributed by atoms with Crippen molar-refractivity contribution in [3.8, 4) is 0 Å². The van der Waals surface area contributed by atoms with Crippen molar-refractivity contribution in [1.29, 1.82) is 0 Å². The fourth-order valence-corrected chi connectivity index (χ4v) is 2.67. The van der Waals surface area contributed by atoms with Gasteiger partial charge in [0.25, 0.3) is 0 Å². The molecule has 1 aliphatic rings. The molecule has 106 valence electrons. The van der Waals surface area contributed by atoms with Crippen LogP contribution in [-0.4, -0.2) is 31.1 Å². The Morgan fingerprint density at radius 1 is 1.21 bits per heavy atom. The topological polar surface area (TPSA) is 15.3 Å². The minimum Gasteiger partial charge on any atom is -0.314 e. The second-order valence-corrected chi connectivity index (χ2v) is 5.12. The van der Waals surface area contributed by atoms with Crippen LogP contribution in [0.2, 0.25) is 0 Å². The van der Waals surface area contributed by atoms with Crippen LogP contribution in [0, 0.1) is 11.6 Å². The summed E-state index contributed by atoms with van der Waals surface area (Å²) in [6.07, 6.45) is 3.22. The zero-order valence-corrected chi connectivity index (χ0v) is 11.5. The van der Waals surface area contributed by atoms with Crippen molar-refractivity contribution >= 4 is 0 Å². The minimum absolute atomic E-state index is 0.206. The standard InChI is InChI=1S/C15H22F2N2/c1-2-3-4-15(19-9-7-18-8-10-19)12-5-6-13(16)14(17)11-12/h5-6,11,15,18H,2-4,7-10H2,1H3/t15-/m0/s1. The summed E-state index contributed by atoms with van der Waals surface area (Å²) in [6.45, 7) is 6.01. The van der Waals surface area contributed by atoms with Gasteiger partial charge in [-0.1, -0.05) is 25.8 Å². The molecule has 1 aromatic rings. The van der Waals surface area contributed by atoms with Crippen molar-refractivity contribution in [2.45, 2.75) is 32.2 Å². The number of benzene rings is 1. The molecule has 0 spiro atoms. The van der Waals surface area contributed by atoms with Crippen LogP contribution in [-0.2, 0) is 0 Å². The third kappa shape index (κ3) is 3.74. The molecule has 1 saturated heterocycles. The average molecular weight is 268 g/mol. The molecule has 0 radical (unpaired) electrons. The monoisotopic (exact) mass is 268 g/mol. The molecule has 1 aliphatic heterocycles. The number of hydrogen-bond acceptors (Lipinski definition) is 2. The van der Waals surface area contributed by atoms with E-state index < -0.39 is 11.6 Å². The van der Waals surface area contributed by atoms with Crippen LogP contribution < -0.4 is 5.32 Å². The lowest BCUT2D eigenvalue weighted by atomic mass is 9.98. The maximum Gasteiger partial charge on any atom is 0.159 e. The molecular formula is C15H22F2N2. The molecule has 4 heteroatoms. The fraction of sp³-hybridized carbons (Fsp3) is 0.600. The van der Waals surface area contributed by atoms with E-state index in [-0.39, 0.29) is 6.04 Å². The van der Waals surface area contributed by atoms with Crippen LogP contribution >= 0.6 is 0 Å². The van der Waals surface area contributed by atoms with Crippen molar-refractivity contribution in [1.82, 2.24) is 10.2 Å². The number of piperazine rings is 1. The zero-order chi connectivity index (χ0) is 13.7. The number of nitrogens with zero attached hydrogens (tertiary/aromatic N) is 1. The van der Waals surface area contributed by atoms with E-state index in [4.69, 9.17) is 0 Å². The smallest absolute Gasteiger partial charge is 0.159 e. The Hall–Kier alpha value is -1.00. The first-order valence-electron chi connectivity index (χ1n) is 7.12. The van der Waals surface area contributed by atoms with Crippen LogP contribution in [0.4, 0.5) is 8.78 Å². The van der Waals surface area contributed by atoms with E-state index in [1.165, 1.54) is 12.1 Å². The van der Waals surface area contributed by atoms with E-state index >= 15 is 0 Å². The molecule has 0 unspecified atom stereocenters. The summed E-state index contributed by atoms with van der Waals surface area (Å²) in [4.78, 5) is 2.37. The molecule has 1 heterocycles. The van der Waals surface area contributed by atoms with Gasteiger partial charge in [0.15, 0.2) is 11.6 Å². The molecule has 0 bridgehead atoms. The first-order chi connectivity index (χ1) is 9.22. The van der Waals surface area contributed by atoms with Crippen LogP contribution in [0.3, 0.4) is 0 Å². The second kappa shape index (κ2) is 6.96. The summed E-state index contributed by atoms with van der Waals surface area (Å²) in [6, 6.07) is 4.53. The fourth-order valence-electron chi connectivity index (χ4n) is 2.67. The van der Waals surface area contributed by atoms with Gasteiger partial charge < -0.3 is 5.32 Å². The summed E-state index contributed by atoms with van der Waals surface area (Å²) in [5.74, 6) is -1.51. The molecule has 0 aliphatic carbocycles. The molecule has 1 N–H and O–H groups in total. The third-order valence-corrected chi connectivity index (χ3v) is 3.75. The molecule has 1 fully saturated rings. The molecule has 19 heavy (non-hydrogen) atoms. The van der Waals surface area contributed by atoms with Crippen molar-refractivity contribution in [2.75, 3.05) is 26.2 Å². The van der Waals surface area contributed by atoms with Gasteiger partial charge in [0, 0.05) is 32.2 Å². The van der Waals surface area contributed by atoms with E-state index in [2.05, 4.69) is 17.1 Å². The summed E-state index contributed by atoms with van der Waals surface area (Å²) in [5.41, 5.74) is 0.897. The third-order valence-electron chi connectivity index (χ3n) is 3.75. The number of rotatable bonds is 5. The molecule has 2 rings (SSSR count). The molecule has 0 saturated carbocycles. The van der Waals surface area contributed by atoms with E-state index in [9.17, 15) is 8.78 Å². The molecular weight excluding hydrogens is 246 g/mol. The predicted octanol–water partition coefficient (Wildman–Crippen LogP) is 3.10. The van der Waals surface area contributed by atoms with Gasteiger partial charge in [-0.15, -0.1) is 0 Å². The van der Waals surface area contributed by atoms with Gasteiger partial charge in [-0.05, 0) is 24.1 Å². The van der Waals surface area contributed by atoms with E-state index in [1.54, 1.807) is 6.07 Å². The Morgan fingerprint density at radius 2 is 1.95 bits per heavy atom. The zero-order valence-electron chi connectivity index (χ0n) is 11.5. The highest BCUT2D eigenvalue weighted by Crippen LogP contribution is 2.27. The highest BCUT2D eigenvalue weighted by Gasteiger charge is 2.22. The molecule has 1 aromatic carbocycles. The SMILES string of the molecule is CCCC[C@@H](c1ccc(F)c(F)c1)N1CCNCC1. The Labute approximate surface area is 113 Å². The van der Waals surface area contributed by atoms with Crippen molar-refractivity contribution in [3.63, 3.8) is 0 Å². The largest absolute Gasteiger partial charge is 0.314 e. The van der Waals surface area contributed by atoms with Crippen LogP contribution in [0.15, 0.2) is 18.2 Å². The van der Waals surface area contributed by atoms with E-state index in [1.807, 2.05) is 0 Å². The first kappa shape index (κ1) is 14.4. The lowest BCUT2D eigenvalue weighted by molar-refractivity contribution is 0.163. The summed E-state index contributed by atoms with van der Waals surface area (Å²) >= 11 is 0. The first-order valence-corrected chi connectivity index (χ1v) is 7.12. The van der Waals surface area contributed by atoms with E-state index in [0.29, 0.717) is 0 Å². The molecule has 1 atom stereocenters. The minimum atomic E-state index is -0.765. The highest BCUT2D eigenvalue weighted by atomic mass is 19.2. The Balaban J connectivity index is 2.17. The van der Waals surface area contributed by atoms with Gasteiger partial charge in [0.2, 0.25) is 0 Å². The Morgan fingerprint density at radius 3 is 2.58 bits per heavy atom. The van der Waals surface area contributed by atoms with Crippen LogP contribution in [0.5, 0.6) is 0 Å². The highest BCUT2D eigenvalue weighted by molar-refractivity contribution is 5.21. The lowest BCUT2D eigenvalue weighted by Crippen LogP contribution is -2.45. The molecule has 0 amide bonds. The summed E-state index contributed by atoms with van der Waals surface area (Å²) < 4.78 is 26.5. The summed E-state index contributed by atoms with van der Waals surface area (Å²) in [7, 11) is 0. The van der Waals surface area contributed by atoms with Gasteiger partial charge >= 0.3 is 0 Å². The van der Waals surface area contributed by atoms with Gasteiger partial charge in [-0.25, -0.2) is 8.78 Å². The van der Waals surface area contributed by atoms with Crippen LogP contribution in [0.25, 0.3) is 0 Å². The van der Waals surface area contributed by atoms with Crippen LogP contribution in [0.1, 0.15) is 37.8 Å². The van der Waals surface area contributed by atoms with Gasteiger partial charge in [-0.3, -0.25) is 4.90 Å². The Kier molecular flexibility index (Phi) is 5.28. The normalized spacial score (nSPS) is 18.5. The quantitative estimate of drug-likeness (QED) is 0.882. The predicted molar refractivity (Wildman–Crippen MR) is 73.1 cm³/mol. The van der Waals surface area contributed by atoms with Crippen molar-refractivity contribution in [3.05, 3.63) is 35.4 Å². The van der Waals surface area contributed by atoms with Crippen molar-refractivity contribution in [2.24, 2.45) is 0 Å². The van der Waals surface area contributed by atoms with Gasteiger partial charge in [-0.2, -0.15) is 0 Å². The Bertz CT molecular complexity index is 403. The molecule has 0 aromatic heterocycles. The van der Waals surface area contributed by atoms with E-state index in [0.717, 1.165) is 51.0 Å². The van der Waals surface area contributed by atoms with Gasteiger partial charge in [0.1, 0.15) is 0 Å². The van der Waals surface area contributed by atoms with Crippen molar-refractivity contribution < 1.29 is 8.78 Å². The number of hydrogen-bond donors (Lipinski definition) is 1. The maximum absolute atomic E-state index is 13.4. The maximum atomic E-state index is 13.4. The average Bonchev–Trinajstić information content (AvgIpc) is 2.44. The number of unbranched alkanes of at least 4 members (excludes halogenated alkanes) is 1.